The van der Waals surface area contributed by atoms with E-state index in [1.54, 1.807) is 24.0 Å². The van der Waals surface area contributed by atoms with Crippen LogP contribution in [0.3, 0.4) is 0 Å². The highest BCUT2D eigenvalue weighted by molar-refractivity contribution is 6.31. The molecule has 0 bridgehead atoms. The van der Waals surface area contributed by atoms with Crippen molar-refractivity contribution in [2.75, 3.05) is 0 Å². The Morgan fingerprint density at radius 1 is 1.19 bits per heavy atom. The summed E-state index contributed by atoms with van der Waals surface area (Å²) < 4.78 is 7.47. The fraction of sp³-hybridized carbons (Fsp3) is 0.238. The number of benzene rings is 2. The molecule has 6 heteroatoms. The van der Waals surface area contributed by atoms with Crippen LogP contribution in [-0.4, -0.2) is 15.7 Å². The van der Waals surface area contributed by atoms with Crippen LogP contribution >= 0.6 is 11.6 Å². The summed E-state index contributed by atoms with van der Waals surface area (Å²) in [4.78, 5) is 12.4. The number of carbonyl (C=O) groups excluding carboxylic acids is 1. The average molecular weight is 384 g/mol. The fourth-order valence-corrected chi connectivity index (χ4v) is 2.92. The van der Waals surface area contributed by atoms with Gasteiger partial charge in [0.05, 0.1) is 23.5 Å². The molecular weight excluding hydrogens is 362 g/mol. The highest BCUT2D eigenvalue weighted by atomic mass is 35.5. The lowest BCUT2D eigenvalue weighted by Gasteiger charge is -2.09. The standard InChI is InChI=1S/C21H22ClN3O2/c1-3-15-7-9-18(10-8-15)27-14-16-5-4-6-17(11-16)21(26)23-13-20-19(22)12-24-25(20)2/h4-12H,3,13-14H2,1-2H3,(H,23,26). The molecule has 3 rings (SSSR count). The van der Waals surface area contributed by atoms with Crippen LogP contribution in [0.15, 0.2) is 54.7 Å². The number of nitrogens with one attached hydrogen (secondary N) is 1. The molecule has 1 heterocycles. The molecule has 27 heavy (non-hydrogen) atoms. The molecule has 0 radical (unpaired) electrons. The largest absolute Gasteiger partial charge is 0.489 e. The third-order valence-corrected chi connectivity index (χ3v) is 4.67. The van der Waals surface area contributed by atoms with E-state index in [4.69, 9.17) is 16.3 Å². The average Bonchev–Trinajstić information content (AvgIpc) is 3.02. The van der Waals surface area contributed by atoms with Gasteiger partial charge in [0.25, 0.3) is 5.91 Å². The number of halogens is 1. The Labute approximate surface area is 163 Å². The van der Waals surface area contributed by atoms with Crippen molar-refractivity contribution in [3.8, 4) is 5.75 Å². The van der Waals surface area contributed by atoms with Gasteiger partial charge in [-0.1, -0.05) is 42.8 Å². The number of nitrogens with zero attached hydrogens (tertiary/aromatic N) is 2. The molecule has 5 nitrogen and oxygen atoms in total. The minimum absolute atomic E-state index is 0.165. The lowest BCUT2D eigenvalue weighted by molar-refractivity contribution is 0.0950. The number of aryl methyl sites for hydroxylation is 2. The molecule has 0 aliphatic carbocycles. The Bertz CT molecular complexity index is 900. The number of ether oxygens (including phenoxy) is 1. The lowest BCUT2D eigenvalue weighted by atomic mass is 10.1. The summed E-state index contributed by atoms with van der Waals surface area (Å²) in [5, 5.41) is 7.47. The molecule has 0 aliphatic heterocycles. The summed E-state index contributed by atoms with van der Waals surface area (Å²) in [7, 11) is 1.79. The van der Waals surface area contributed by atoms with Crippen molar-refractivity contribution >= 4 is 17.5 Å². The SMILES string of the molecule is CCc1ccc(OCc2cccc(C(=O)NCc3c(Cl)cnn3C)c2)cc1. The number of carbonyl (C=O) groups is 1. The van der Waals surface area contributed by atoms with Crippen LogP contribution in [0.1, 0.15) is 34.1 Å². The summed E-state index contributed by atoms with van der Waals surface area (Å²) in [5.41, 5.74) is 3.55. The summed E-state index contributed by atoms with van der Waals surface area (Å²) >= 11 is 6.07. The van der Waals surface area contributed by atoms with Gasteiger partial charge in [-0.05, 0) is 41.8 Å². The van der Waals surface area contributed by atoms with E-state index >= 15 is 0 Å². The van der Waals surface area contributed by atoms with Gasteiger partial charge in [0.2, 0.25) is 0 Å². The maximum Gasteiger partial charge on any atom is 0.251 e. The van der Waals surface area contributed by atoms with Crippen molar-refractivity contribution in [3.63, 3.8) is 0 Å². The molecule has 1 amide bonds. The van der Waals surface area contributed by atoms with Crippen molar-refractivity contribution < 1.29 is 9.53 Å². The molecule has 140 valence electrons. The van der Waals surface area contributed by atoms with E-state index in [9.17, 15) is 4.79 Å². The molecule has 0 aliphatic rings. The van der Waals surface area contributed by atoms with Gasteiger partial charge >= 0.3 is 0 Å². The van der Waals surface area contributed by atoms with Crippen LogP contribution in [0.25, 0.3) is 0 Å². The van der Waals surface area contributed by atoms with E-state index in [2.05, 4.69) is 29.5 Å². The third-order valence-electron chi connectivity index (χ3n) is 4.35. The van der Waals surface area contributed by atoms with Crippen LogP contribution in [0.2, 0.25) is 5.02 Å². The molecule has 1 N–H and O–H groups in total. The normalized spacial score (nSPS) is 10.6. The minimum Gasteiger partial charge on any atom is -0.489 e. The van der Waals surface area contributed by atoms with Crippen molar-refractivity contribution in [2.24, 2.45) is 7.05 Å². The van der Waals surface area contributed by atoms with E-state index in [1.165, 1.54) is 5.56 Å². The molecular formula is C21H22ClN3O2. The van der Waals surface area contributed by atoms with Gasteiger partial charge in [-0.2, -0.15) is 5.10 Å². The first-order valence-corrected chi connectivity index (χ1v) is 9.20. The molecule has 3 aromatic rings. The molecule has 0 unspecified atom stereocenters. The maximum atomic E-state index is 12.4. The van der Waals surface area contributed by atoms with Crippen molar-refractivity contribution in [3.05, 3.63) is 82.1 Å². The first kappa shape index (κ1) is 19.0. The van der Waals surface area contributed by atoms with E-state index in [0.29, 0.717) is 23.7 Å². The van der Waals surface area contributed by atoms with Crippen LogP contribution in [0, 0.1) is 0 Å². The van der Waals surface area contributed by atoms with Crippen molar-refractivity contribution in [1.29, 1.82) is 0 Å². The van der Waals surface area contributed by atoms with Crippen LogP contribution in [0.5, 0.6) is 5.75 Å². The Kier molecular flexibility index (Phi) is 6.14. The molecule has 0 saturated carbocycles. The lowest BCUT2D eigenvalue weighted by Crippen LogP contribution is -2.24. The molecule has 0 saturated heterocycles. The van der Waals surface area contributed by atoms with E-state index < -0.39 is 0 Å². The van der Waals surface area contributed by atoms with Gasteiger partial charge in [0.1, 0.15) is 12.4 Å². The second-order valence-electron chi connectivity index (χ2n) is 6.23. The van der Waals surface area contributed by atoms with Gasteiger partial charge in [-0.25, -0.2) is 0 Å². The Hall–Kier alpha value is -2.79. The topological polar surface area (TPSA) is 56.1 Å². The summed E-state index contributed by atoms with van der Waals surface area (Å²) in [6, 6.07) is 15.5. The fourth-order valence-electron chi connectivity index (χ4n) is 2.69. The summed E-state index contributed by atoms with van der Waals surface area (Å²) in [6.07, 6.45) is 2.56. The number of hydrogen-bond acceptors (Lipinski definition) is 3. The summed E-state index contributed by atoms with van der Waals surface area (Å²) in [6.45, 7) is 2.84. The second kappa shape index (κ2) is 8.73. The van der Waals surface area contributed by atoms with Gasteiger partial charge in [-0.3, -0.25) is 9.48 Å². The molecule has 0 fully saturated rings. The monoisotopic (exact) mass is 383 g/mol. The predicted octanol–water partition coefficient (Wildman–Crippen LogP) is 4.14. The molecule has 2 aromatic carbocycles. The zero-order chi connectivity index (χ0) is 19.2. The van der Waals surface area contributed by atoms with Crippen LogP contribution in [-0.2, 0) is 26.6 Å². The van der Waals surface area contributed by atoms with Crippen LogP contribution in [0.4, 0.5) is 0 Å². The quantitative estimate of drug-likeness (QED) is 0.667. The van der Waals surface area contributed by atoms with Gasteiger partial charge in [-0.15, -0.1) is 0 Å². The zero-order valence-corrected chi connectivity index (χ0v) is 16.2. The van der Waals surface area contributed by atoms with Gasteiger partial charge < -0.3 is 10.1 Å². The molecule has 0 atom stereocenters. The first-order chi connectivity index (χ1) is 13.1. The van der Waals surface area contributed by atoms with E-state index in [1.807, 2.05) is 30.3 Å². The van der Waals surface area contributed by atoms with Crippen molar-refractivity contribution in [1.82, 2.24) is 15.1 Å². The van der Waals surface area contributed by atoms with E-state index in [0.717, 1.165) is 23.4 Å². The number of hydrogen-bond donors (Lipinski definition) is 1. The zero-order valence-electron chi connectivity index (χ0n) is 15.4. The number of amides is 1. The Morgan fingerprint density at radius 3 is 2.63 bits per heavy atom. The predicted molar refractivity (Wildman–Crippen MR) is 106 cm³/mol. The minimum atomic E-state index is -0.165. The summed E-state index contributed by atoms with van der Waals surface area (Å²) in [5.74, 6) is 0.648. The molecule has 0 spiro atoms. The maximum absolute atomic E-state index is 12.4. The first-order valence-electron chi connectivity index (χ1n) is 8.82. The van der Waals surface area contributed by atoms with Crippen molar-refractivity contribution in [2.45, 2.75) is 26.5 Å². The number of rotatable bonds is 7. The smallest absolute Gasteiger partial charge is 0.251 e. The second-order valence-corrected chi connectivity index (χ2v) is 6.64. The van der Waals surface area contributed by atoms with E-state index in [-0.39, 0.29) is 5.91 Å². The van der Waals surface area contributed by atoms with Gasteiger partial charge in [0.15, 0.2) is 0 Å². The highest BCUT2D eigenvalue weighted by Crippen LogP contribution is 2.16. The Balaban J connectivity index is 1.59. The van der Waals surface area contributed by atoms with Gasteiger partial charge in [0, 0.05) is 12.6 Å². The third kappa shape index (κ3) is 4.89. The highest BCUT2D eigenvalue weighted by Gasteiger charge is 2.10. The van der Waals surface area contributed by atoms with Crippen LogP contribution < -0.4 is 10.1 Å². The number of aromatic nitrogens is 2. The molecule has 1 aromatic heterocycles. The Morgan fingerprint density at radius 2 is 1.96 bits per heavy atom.